The van der Waals surface area contributed by atoms with Crippen LogP contribution in [0.3, 0.4) is 0 Å². The van der Waals surface area contributed by atoms with Gasteiger partial charge in [0.1, 0.15) is 5.78 Å². The van der Waals surface area contributed by atoms with Gasteiger partial charge in [0, 0.05) is 24.0 Å². The second kappa shape index (κ2) is 11.4. The van der Waals surface area contributed by atoms with Gasteiger partial charge in [0.05, 0.1) is 0 Å². The maximum atomic E-state index is 11.8. The molecule has 122 valence electrons. The van der Waals surface area contributed by atoms with Crippen LogP contribution >= 0.6 is 0 Å². The molecule has 1 saturated carbocycles. The van der Waals surface area contributed by atoms with Crippen LogP contribution in [0.4, 0.5) is 0 Å². The van der Waals surface area contributed by atoms with Crippen molar-refractivity contribution >= 4 is 11.6 Å². The van der Waals surface area contributed by atoms with Crippen LogP contribution in [0.25, 0.3) is 0 Å². The van der Waals surface area contributed by atoms with Gasteiger partial charge in [-0.2, -0.15) is 0 Å². The Hall–Kier alpha value is -2.22. The second-order valence-corrected chi connectivity index (χ2v) is 5.16. The van der Waals surface area contributed by atoms with Crippen LogP contribution in [0.1, 0.15) is 61.9 Å². The summed E-state index contributed by atoms with van der Waals surface area (Å²) in [5, 5.41) is 0. The molecule has 0 saturated heterocycles. The van der Waals surface area contributed by atoms with Gasteiger partial charge in [0.2, 0.25) is 0 Å². The second-order valence-electron chi connectivity index (χ2n) is 5.16. The fourth-order valence-corrected chi connectivity index (χ4v) is 2.29. The fraction of sp³-hybridized carbons (Fsp3) is 0.333. The van der Waals surface area contributed by atoms with E-state index in [0.29, 0.717) is 5.78 Å². The highest BCUT2D eigenvalue weighted by Crippen LogP contribution is 2.12. The van der Waals surface area contributed by atoms with Gasteiger partial charge < -0.3 is 0 Å². The third-order valence-electron chi connectivity index (χ3n) is 3.48. The van der Waals surface area contributed by atoms with E-state index in [1.807, 2.05) is 74.5 Å². The Bertz CT molecular complexity index is 524. The largest absolute Gasteiger partial charge is 0.300 e. The minimum atomic E-state index is 0.0752. The number of Topliss-reactive ketones (excluding diaryl/α,β-unsaturated/α-hetero) is 1. The first kappa shape index (κ1) is 18.8. The molecule has 0 radical (unpaired) electrons. The van der Waals surface area contributed by atoms with Crippen molar-refractivity contribution in [2.45, 2.75) is 46.0 Å². The molecule has 1 fully saturated rings. The Balaban J connectivity index is 0.000000247. The Morgan fingerprint density at radius 2 is 1.09 bits per heavy atom. The van der Waals surface area contributed by atoms with Crippen LogP contribution in [-0.2, 0) is 4.79 Å². The first-order valence-electron chi connectivity index (χ1n) is 8.44. The molecular weight excluding hydrogens is 284 g/mol. The number of carbonyl (C=O) groups is 2. The van der Waals surface area contributed by atoms with Crippen molar-refractivity contribution in [3.05, 3.63) is 71.8 Å². The minimum Gasteiger partial charge on any atom is -0.300 e. The SMILES string of the molecule is CC.O=C(c1ccccc1)c1ccccc1.O=C1CCCCC1. The molecular formula is C21H26O2. The summed E-state index contributed by atoms with van der Waals surface area (Å²) >= 11 is 0. The fourth-order valence-electron chi connectivity index (χ4n) is 2.29. The molecule has 1 aliphatic rings. The molecule has 23 heavy (non-hydrogen) atoms. The molecule has 0 bridgehead atoms. The first-order valence-corrected chi connectivity index (χ1v) is 8.44. The first-order chi connectivity index (χ1) is 11.3. The molecule has 2 aromatic carbocycles. The van der Waals surface area contributed by atoms with Crippen molar-refractivity contribution in [2.75, 3.05) is 0 Å². The number of rotatable bonds is 2. The number of carbonyl (C=O) groups excluding carboxylic acids is 2. The van der Waals surface area contributed by atoms with Crippen molar-refractivity contribution in [3.63, 3.8) is 0 Å². The summed E-state index contributed by atoms with van der Waals surface area (Å²) in [5.74, 6) is 0.539. The van der Waals surface area contributed by atoms with E-state index in [0.717, 1.165) is 36.8 Å². The van der Waals surface area contributed by atoms with Crippen LogP contribution < -0.4 is 0 Å². The molecule has 0 atom stereocenters. The predicted octanol–water partition coefficient (Wildman–Crippen LogP) is 5.46. The van der Waals surface area contributed by atoms with Crippen LogP contribution in [0.15, 0.2) is 60.7 Å². The van der Waals surface area contributed by atoms with E-state index in [9.17, 15) is 9.59 Å². The van der Waals surface area contributed by atoms with Gasteiger partial charge in [-0.05, 0) is 12.8 Å². The van der Waals surface area contributed by atoms with E-state index in [-0.39, 0.29) is 5.78 Å². The zero-order valence-electron chi connectivity index (χ0n) is 14.1. The summed E-state index contributed by atoms with van der Waals surface area (Å²) in [4.78, 5) is 22.3. The lowest BCUT2D eigenvalue weighted by atomic mass is 10.00. The monoisotopic (exact) mass is 310 g/mol. The molecule has 0 heterocycles. The summed E-state index contributed by atoms with van der Waals surface area (Å²) in [5.41, 5.74) is 1.47. The van der Waals surface area contributed by atoms with Gasteiger partial charge in [0.15, 0.2) is 5.78 Å². The molecule has 3 rings (SSSR count). The lowest BCUT2D eigenvalue weighted by Gasteiger charge is -2.05. The highest BCUT2D eigenvalue weighted by molar-refractivity contribution is 6.08. The number of ketones is 2. The number of benzene rings is 2. The Kier molecular flexibility index (Phi) is 9.30. The Morgan fingerprint density at radius 1 is 0.696 bits per heavy atom. The molecule has 2 heteroatoms. The van der Waals surface area contributed by atoms with Crippen LogP contribution in [0.2, 0.25) is 0 Å². The highest BCUT2D eigenvalue weighted by atomic mass is 16.1. The zero-order valence-corrected chi connectivity index (χ0v) is 14.1. The van der Waals surface area contributed by atoms with E-state index in [2.05, 4.69) is 0 Å². The van der Waals surface area contributed by atoms with Gasteiger partial charge in [-0.3, -0.25) is 9.59 Å². The third kappa shape index (κ3) is 7.05. The molecule has 0 N–H and O–H groups in total. The molecule has 2 nitrogen and oxygen atoms in total. The Morgan fingerprint density at radius 3 is 1.39 bits per heavy atom. The molecule has 1 aliphatic carbocycles. The van der Waals surface area contributed by atoms with Gasteiger partial charge in [0.25, 0.3) is 0 Å². The normalized spacial score (nSPS) is 13.0. The summed E-state index contributed by atoms with van der Waals surface area (Å²) in [7, 11) is 0. The molecule has 0 amide bonds. The standard InChI is InChI=1S/C13H10O.C6H10O.C2H6/c14-13(11-7-3-1-4-8-11)12-9-5-2-6-10-12;7-6-4-2-1-3-5-6;1-2/h1-10H;1-5H2;1-2H3. The lowest BCUT2D eigenvalue weighted by molar-refractivity contribution is -0.120. The van der Waals surface area contributed by atoms with Crippen molar-refractivity contribution in [2.24, 2.45) is 0 Å². The van der Waals surface area contributed by atoms with Crippen LogP contribution in [0.5, 0.6) is 0 Å². The average Bonchev–Trinajstić information content (AvgIpc) is 2.65. The van der Waals surface area contributed by atoms with Gasteiger partial charge in [-0.15, -0.1) is 0 Å². The summed E-state index contributed by atoms with van der Waals surface area (Å²) in [6, 6.07) is 18.6. The maximum absolute atomic E-state index is 11.8. The van der Waals surface area contributed by atoms with Gasteiger partial charge >= 0.3 is 0 Å². The van der Waals surface area contributed by atoms with Crippen LogP contribution in [-0.4, -0.2) is 11.6 Å². The highest BCUT2D eigenvalue weighted by Gasteiger charge is 2.06. The number of hydrogen-bond donors (Lipinski definition) is 0. The topological polar surface area (TPSA) is 34.1 Å². The van der Waals surface area contributed by atoms with Crippen LogP contribution in [0, 0.1) is 0 Å². The smallest absolute Gasteiger partial charge is 0.193 e. The van der Waals surface area contributed by atoms with E-state index in [1.54, 1.807) is 0 Å². The molecule has 0 aliphatic heterocycles. The molecule has 0 spiro atoms. The van der Waals surface area contributed by atoms with E-state index >= 15 is 0 Å². The van der Waals surface area contributed by atoms with E-state index in [4.69, 9.17) is 0 Å². The summed E-state index contributed by atoms with van der Waals surface area (Å²) < 4.78 is 0. The van der Waals surface area contributed by atoms with Crippen molar-refractivity contribution in [3.8, 4) is 0 Å². The maximum Gasteiger partial charge on any atom is 0.193 e. The van der Waals surface area contributed by atoms with E-state index < -0.39 is 0 Å². The summed E-state index contributed by atoms with van der Waals surface area (Å²) in [6.07, 6.45) is 5.24. The zero-order chi connectivity index (χ0) is 16.9. The minimum absolute atomic E-state index is 0.0752. The molecule has 0 aromatic heterocycles. The van der Waals surface area contributed by atoms with Crippen molar-refractivity contribution < 1.29 is 9.59 Å². The number of hydrogen-bond acceptors (Lipinski definition) is 2. The van der Waals surface area contributed by atoms with Gasteiger partial charge in [-0.1, -0.05) is 80.9 Å². The third-order valence-corrected chi connectivity index (χ3v) is 3.48. The molecule has 0 unspecified atom stereocenters. The molecule has 2 aromatic rings. The van der Waals surface area contributed by atoms with Gasteiger partial charge in [-0.25, -0.2) is 0 Å². The summed E-state index contributed by atoms with van der Waals surface area (Å²) in [6.45, 7) is 4.00. The Labute approximate surface area is 139 Å². The van der Waals surface area contributed by atoms with Crippen molar-refractivity contribution in [1.82, 2.24) is 0 Å². The lowest BCUT2D eigenvalue weighted by Crippen LogP contribution is -2.02. The average molecular weight is 310 g/mol. The predicted molar refractivity (Wildman–Crippen MR) is 95.8 cm³/mol. The van der Waals surface area contributed by atoms with Crippen molar-refractivity contribution in [1.29, 1.82) is 0 Å². The quantitative estimate of drug-likeness (QED) is 0.690. The van der Waals surface area contributed by atoms with E-state index in [1.165, 1.54) is 6.42 Å².